The number of imide groups is 2. The number of carbonyl (C=O) groups is 3. The Morgan fingerprint density at radius 3 is 2.26 bits per heavy atom. The first-order chi connectivity index (χ1) is 15.1. The zero-order chi connectivity index (χ0) is 21.8. The largest absolute Gasteiger partial charge is 0.497 e. The molecule has 3 aliphatic rings. The van der Waals surface area contributed by atoms with E-state index in [2.05, 4.69) is 15.9 Å². The van der Waals surface area contributed by atoms with Crippen LogP contribution in [0.2, 0.25) is 0 Å². The van der Waals surface area contributed by atoms with E-state index in [-0.39, 0.29) is 13.2 Å². The number of allylic oxidation sites excluding steroid dienone is 1. The van der Waals surface area contributed by atoms with Crippen LogP contribution in [0.4, 0.5) is 10.5 Å². The van der Waals surface area contributed by atoms with Gasteiger partial charge in [0.1, 0.15) is 5.75 Å². The van der Waals surface area contributed by atoms with Crippen LogP contribution < -0.4 is 9.64 Å². The second-order valence-electron chi connectivity index (χ2n) is 8.28. The Labute approximate surface area is 183 Å². The molecule has 2 saturated heterocycles. The molecule has 0 atom stereocenters. The van der Waals surface area contributed by atoms with E-state index in [4.69, 9.17) is 4.74 Å². The maximum Gasteiger partial charge on any atom is 0.335 e. The normalized spacial score (nSPS) is 20.5. The molecule has 1 aromatic rings. The van der Waals surface area contributed by atoms with Crippen molar-refractivity contribution in [2.24, 2.45) is 0 Å². The summed E-state index contributed by atoms with van der Waals surface area (Å²) in [5.41, 5.74) is 2.40. The molecule has 1 aliphatic carbocycles. The highest BCUT2D eigenvalue weighted by Gasteiger charge is 2.44. The average Bonchev–Trinajstić information content (AvgIpc) is 3.02. The Morgan fingerprint density at radius 2 is 1.61 bits per heavy atom. The summed E-state index contributed by atoms with van der Waals surface area (Å²) in [6, 6.07) is 7.45. The second-order valence-corrected chi connectivity index (χ2v) is 8.28. The third-order valence-corrected chi connectivity index (χ3v) is 6.33. The molecular weight excluding hydrogens is 396 g/mol. The lowest BCUT2D eigenvalue weighted by Gasteiger charge is -2.37. The minimum absolute atomic E-state index is 0.166. The van der Waals surface area contributed by atoms with Gasteiger partial charge in [0.2, 0.25) is 0 Å². The molecule has 0 unspecified atom stereocenters. The van der Waals surface area contributed by atoms with E-state index in [0.29, 0.717) is 19.5 Å². The lowest BCUT2D eigenvalue weighted by atomic mass is 9.97. The van der Waals surface area contributed by atoms with Crippen molar-refractivity contribution in [2.75, 3.05) is 51.4 Å². The third kappa shape index (κ3) is 4.74. The maximum absolute atomic E-state index is 12.8. The topological polar surface area (TPSA) is 73.4 Å². The van der Waals surface area contributed by atoms with Crippen molar-refractivity contribution in [1.29, 1.82) is 0 Å². The van der Waals surface area contributed by atoms with Gasteiger partial charge in [-0.05, 0) is 56.4 Å². The molecule has 8 nitrogen and oxygen atoms in total. The smallest absolute Gasteiger partial charge is 0.335 e. The zero-order valence-electron chi connectivity index (χ0n) is 18.1. The average molecular weight is 427 g/mol. The number of benzene rings is 1. The van der Waals surface area contributed by atoms with Crippen LogP contribution in [0.15, 0.2) is 35.9 Å². The summed E-state index contributed by atoms with van der Waals surface area (Å²) in [7, 11) is 1.65. The molecule has 0 spiro atoms. The number of anilines is 1. The summed E-state index contributed by atoms with van der Waals surface area (Å²) in [4.78, 5) is 44.1. The van der Waals surface area contributed by atoms with Crippen LogP contribution in [0.1, 0.15) is 32.1 Å². The molecule has 4 amide bonds. The number of urea groups is 1. The van der Waals surface area contributed by atoms with Crippen LogP contribution >= 0.6 is 0 Å². The van der Waals surface area contributed by atoms with Crippen LogP contribution in [0.25, 0.3) is 0 Å². The Bertz CT molecular complexity index is 859. The molecule has 0 bridgehead atoms. The van der Waals surface area contributed by atoms with Gasteiger partial charge < -0.3 is 9.64 Å². The Balaban J connectivity index is 1.29. The number of hydrogen-bond acceptors (Lipinski definition) is 6. The van der Waals surface area contributed by atoms with Gasteiger partial charge in [-0.1, -0.05) is 11.6 Å². The van der Waals surface area contributed by atoms with Crippen LogP contribution in [0, 0.1) is 0 Å². The van der Waals surface area contributed by atoms with Crippen LogP contribution in [-0.2, 0) is 9.59 Å². The number of ether oxygens (including phenoxy) is 1. The SMILES string of the molecule is COc1ccc(N2CCN(CN3C(=O)C(=O)N(CCC4=CCCCC4)C3=O)CC2)cc1. The molecule has 8 heteroatoms. The number of hydrogen-bond donors (Lipinski definition) is 0. The molecule has 1 aromatic carbocycles. The van der Waals surface area contributed by atoms with Gasteiger partial charge in [-0.15, -0.1) is 0 Å². The molecule has 0 radical (unpaired) electrons. The standard InChI is InChI=1S/C23H30N4O4/c1-31-20-9-7-19(8-10-20)25-15-13-24(14-16-25)17-27-22(29)21(28)26(23(27)30)12-11-18-5-3-2-4-6-18/h5,7-10H,2-4,6,11-17H2,1H3. The van der Waals surface area contributed by atoms with E-state index in [1.165, 1.54) is 12.0 Å². The van der Waals surface area contributed by atoms with Crippen LogP contribution in [0.5, 0.6) is 5.75 Å². The molecule has 0 saturated carbocycles. The van der Waals surface area contributed by atoms with Crippen molar-refractivity contribution in [2.45, 2.75) is 32.1 Å². The van der Waals surface area contributed by atoms with Crippen molar-refractivity contribution < 1.29 is 19.1 Å². The van der Waals surface area contributed by atoms with Crippen molar-refractivity contribution in [3.63, 3.8) is 0 Å². The van der Waals surface area contributed by atoms with E-state index >= 15 is 0 Å². The van der Waals surface area contributed by atoms with Crippen molar-refractivity contribution in [3.8, 4) is 5.75 Å². The summed E-state index contributed by atoms with van der Waals surface area (Å²) < 4.78 is 5.21. The molecule has 2 heterocycles. The summed E-state index contributed by atoms with van der Waals surface area (Å²) in [6.45, 7) is 3.45. The number of amides is 4. The fraction of sp³-hybridized carbons (Fsp3) is 0.522. The number of methoxy groups -OCH3 is 1. The van der Waals surface area contributed by atoms with Crippen molar-refractivity contribution >= 4 is 23.5 Å². The van der Waals surface area contributed by atoms with Gasteiger partial charge in [-0.3, -0.25) is 19.4 Å². The highest BCUT2D eigenvalue weighted by atomic mass is 16.5. The lowest BCUT2D eigenvalue weighted by Crippen LogP contribution is -2.51. The molecule has 31 heavy (non-hydrogen) atoms. The Hall–Kier alpha value is -2.87. The summed E-state index contributed by atoms with van der Waals surface area (Å²) in [6.07, 6.45) is 7.30. The first-order valence-corrected chi connectivity index (χ1v) is 11.0. The first-order valence-electron chi connectivity index (χ1n) is 11.0. The quantitative estimate of drug-likeness (QED) is 0.379. The van der Waals surface area contributed by atoms with E-state index in [0.717, 1.165) is 53.6 Å². The number of rotatable bonds is 7. The van der Waals surface area contributed by atoms with E-state index in [9.17, 15) is 14.4 Å². The molecule has 2 fully saturated rings. The predicted octanol–water partition coefficient (Wildman–Crippen LogP) is 2.46. The Kier molecular flexibility index (Phi) is 6.56. The van der Waals surface area contributed by atoms with Gasteiger partial charge in [0.15, 0.2) is 0 Å². The fourth-order valence-electron chi connectivity index (χ4n) is 4.40. The number of carbonyl (C=O) groups excluding carboxylic acids is 3. The summed E-state index contributed by atoms with van der Waals surface area (Å²) in [5, 5.41) is 0. The monoisotopic (exact) mass is 426 g/mol. The summed E-state index contributed by atoms with van der Waals surface area (Å²) in [5.74, 6) is -0.582. The van der Waals surface area contributed by atoms with Gasteiger partial charge in [-0.25, -0.2) is 9.69 Å². The Morgan fingerprint density at radius 1 is 0.903 bits per heavy atom. The first kappa shape index (κ1) is 21.4. The van der Waals surface area contributed by atoms with Crippen LogP contribution in [-0.4, -0.2) is 79.0 Å². The van der Waals surface area contributed by atoms with E-state index < -0.39 is 17.8 Å². The molecule has 4 rings (SSSR count). The fourth-order valence-corrected chi connectivity index (χ4v) is 4.40. The minimum Gasteiger partial charge on any atom is -0.497 e. The molecule has 2 aliphatic heterocycles. The maximum atomic E-state index is 12.8. The third-order valence-electron chi connectivity index (χ3n) is 6.33. The minimum atomic E-state index is -0.708. The van der Waals surface area contributed by atoms with Gasteiger partial charge in [-0.2, -0.15) is 0 Å². The van der Waals surface area contributed by atoms with E-state index in [1.807, 2.05) is 24.3 Å². The van der Waals surface area contributed by atoms with Gasteiger partial charge in [0.05, 0.1) is 13.8 Å². The van der Waals surface area contributed by atoms with Gasteiger partial charge in [0, 0.05) is 38.4 Å². The van der Waals surface area contributed by atoms with Crippen LogP contribution in [0.3, 0.4) is 0 Å². The number of nitrogens with zero attached hydrogens (tertiary/aromatic N) is 4. The number of piperazine rings is 1. The second kappa shape index (κ2) is 9.51. The van der Waals surface area contributed by atoms with E-state index in [1.54, 1.807) is 7.11 Å². The molecule has 166 valence electrons. The predicted molar refractivity (Wildman–Crippen MR) is 117 cm³/mol. The van der Waals surface area contributed by atoms with Gasteiger partial charge >= 0.3 is 17.8 Å². The highest BCUT2D eigenvalue weighted by Crippen LogP contribution is 2.23. The van der Waals surface area contributed by atoms with Crippen molar-refractivity contribution in [1.82, 2.24) is 14.7 Å². The summed E-state index contributed by atoms with van der Waals surface area (Å²) >= 11 is 0. The molecule has 0 aromatic heterocycles. The highest BCUT2D eigenvalue weighted by molar-refractivity contribution is 6.44. The zero-order valence-corrected chi connectivity index (χ0v) is 18.1. The molecular formula is C23H30N4O4. The van der Waals surface area contributed by atoms with Gasteiger partial charge in [0.25, 0.3) is 0 Å². The lowest BCUT2D eigenvalue weighted by molar-refractivity contribution is -0.144. The molecule has 0 N–H and O–H groups in total. The van der Waals surface area contributed by atoms with Crippen molar-refractivity contribution in [3.05, 3.63) is 35.9 Å².